The van der Waals surface area contributed by atoms with Crippen LogP contribution in [0.5, 0.6) is 0 Å². The van der Waals surface area contributed by atoms with Crippen molar-refractivity contribution in [2.75, 3.05) is 0 Å². The fraction of sp³-hybridized carbons (Fsp3) is 0.0833. The molecule has 2 rings (SSSR count). The van der Waals surface area contributed by atoms with E-state index in [1.807, 2.05) is 12.1 Å². The van der Waals surface area contributed by atoms with Crippen molar-refractivity contribution < 1.29 is 4.39 Å². The van der Waals surface area contributed by atoms with Gasteiger partial charge in [-0.3, -0.25) is 4.98 Å². The molecule has 0 bridgehead atoms. The molecule has 0 spiro atoms. The van der Waals surface area contributed by atoms with Crippen molar-refractivity contribution >= 4 is 24.8 Å². The van der Waals surface area contributed by atoms with Crippen LogP contribution in [0.1, 0.15) is 17.2 Å². The molecule has 0 aliphatic heterocycles. The third-order valence-corrected chi connectivity index (χ3v) is 2.29. The molecule has 1 unspecified atom stereocenters. The van der Waals surface area contributed by atoms with E-state index in [9.17, 15) is 4.39 Å². The summed E-state index contributed by atoms with van der Waals surface area (Å²) in [5.41, 5.74) is 7.88. The highest BCUT2D eigenvalue weighted by Crippen LogP contribution is 2.18. The Morgan fingerprint density at radius 1 is 0.882 bits per heavy atom. The highest BCUT2D eigenvalue weighted by molar-refractivity contribution is 5.85. The molecule has 0 amide bonds. The Hall–Kier alpha value is -1.16. The molecule has 0 saturated heterocycles. The third-order valence-electron chi connectivity index (χ3n) is 2.29. The van der Waals surface area contributed by atoms with Crippen molar-refractivity contribution in [3.8, 4) is 0 Å². The summed E-state index contributed by atoms with van der Waals surface area (Å²) >= 11 is 0. The second kappa shape index (κ2) is 7.22. The number of pyridine rings is 1. The Morgan fingerprint density at radius 3 is 1.88 bits per heavy atom. The van der Waals surface area contributed by atoms with E-state index in [0.717, 1.165) is 11.1 Å². The first-order valence-electron chi connectivity index (χ1n) is 4.68. The van der Waals surface area contributed by atoms with Crippen LogP contribution in [0.25, 0.3) is 0 Å². The van der Waals surface area contributed by atoms with E-state index < -0.39 is 0 Å². The van der Waals surface area contributed by atoms with Crippen LogP contribution >= 0.6 is 24.8 Å². The second-order valence-corrected chi connectivity index (χ2v) is 3.31. The minimum atomic E-state index is -0.249. The number of nitrogens with zero attached hydrogens (tertiary/aromatic N) is 1. The minimum Gasteiger partial charge on any atom is -0.320 e. The SMILES string of the molecule is Cl.Cl.NC(c1ccncc1)c1ccc(F)cc1. The molecule has 1 heterocycles. The summed E-state index contributed by atoms with van der Waals surface area (Å²) in [6.45, 7) is 0. The quantitative estimate of drug-likeness (QED) is 0.914. The number of hydrogen-bond acceptors (Lipinski definition) is 2. The zero-order valence-electron chi connectivity index (χ0n) is 8.92. The topological polar surface area (TPSA) is 38.9 Å². The van der Waals surface area contributed by atoms with E-state index >= 15 is 0 Å². The number of aromatic nitrogens is 1. The van der Waals surface area contributed by atoms with Gasteiger partial charge in [-0.25, -0.2) is 4.39 Å². The summed E-state index contributed by atoms with van der Waals surface area (Å²) in [5.74, 6) is -0.249. The summed E-state index contributed by atoms with van der Waals surface area (Å²) in [7, 11) is 0. The molecule has 1 atom stereocenters. The molecule has 17 heavy (non-hydrogen) atoms. The molecular weight excluding hydrogens is 262 g/mol. The summed E-state index contributed by atoms with van der Waals surface area (Å²) in [5, 5.41) is 0. The number of halogens is 3. The predicted molar refractivity (Wildman–Crippen MR) is 71.2 cm³/mol. The van der Waals surface area contributed by atoms with Crippen LogP contribution in [0.15, 0.2) is 48.8 Å². The number of hydrogen-bond donors (Lipinski definition) is 1. The van der Waals surface area contributed by atoms with Crippen LogP contribution in [0.3, 0.4) is 0 Å². The van der Waals surface area contributed by atoms with Gasteiger partial charge in [0.2, 0.25) is 0 Å². The first kappa shape index (κ1) is 15.8. The average Bonchev–Trinajstić information content (AvgIpc) is 2.30. The zero-order chi connectivity index (χ0) is 10.7. The van der Waals surface area contributed by atoms with Crippen molar-refractivity contribution in [2.24, 2.45) is 5.73 Å². The average molecular weight is 275 g/mol. The summed E-state index contributed by atoms with van der Waals surface area (Å²) in [4.78, 5) is 3.92. The maximum Gasteiger partial charge on any atom is 0.123 e. The molecule has 5 heteroatoms. The Bertz CT molecular complexity index is 434. The Morgan fingerprint density at radius 2 is 1.35 bits per heavy atom. The van der Waals surface area contributed by atoms with Gasteiger partial charge in [0.1, 0.15) is 5.82 Å². The number of benzene rings is 1. The lowest BCUT2D eigenvalue weighted by atomic mass is 10.0. The molecule has 1 aromatic heterocycles. The molecule has 1 aromatic carbocycles. The Labute approximate surface area is 112 Å². The first-order valence-corrected chi connectivity index (χ1v) is 4.68. The molecule has 2 aromatic rings. The van der Waals surface area contributed by atoms with Gasteiger partial charge in [0.25, 0.3) is 0 Å². The van der Waals surface area contributed by atoms with Gasteiger partial charge in [-0.1, -0.05) is 12.1 Å². The lowest BCUT2D eigenvalue weighted by molar-refractivity contribution is 0.626. The van der Waals surface area contributed by atoms with Crippen molar-refractivity contribution in [1.82, 2.24) is 4.98 Å². The van der Waals surface area contributed by atoms with E-state index in [2.05, 4.69) is 4.98 Å². The van der Waals surface area contributed by atoms with Gasteiger partial charge in [-0.05, 0) is 35.4 Å². The van der Waals surface area contributed by atoms with E-state index in [-0.39, 0.29) is 36.7 Å². The van der Waals surface area contributed by atoms with Crippen LogP contribution in [0.4, 0.5) is 4.39 Å². The van der Waals surface area contributed by atoms with E-state index in [1.165, 1.54) is 12.1 Å². The minimum absolute atomic E-state index is 0. The molecule has 0 aliphatic carbocycles. The monoisotopic (exact) mass is 274 g/mol. The van der Waals surface area contributed by atoms with Crippen LogP contribution in [-0.4, -0.2) is 4.98 Å². The Balaban J connectivity index is 0.00000128. The van der Waals surface area contributed by atoms with Crippen LogP contribution in [0, 0.1) is 5.82 Å². The van der Waals surface area contributed by atoms with Crippen molar-refractivity contribution in [3.05, 3.63) is 65.7 Å². The smallest absolute Gasteiger partial charge is 0.123 e. The standard InChI is InChI=1S/C12H11FN2.2ClH/c13-11-3-1-9(2-4-11)12(14)10-5-7-15-8-6-10;;/h1-8,12H,14H2;2*1H. The maximum atomic E-state index is 12.7. The van der Waals surface area contributed by atoms with Crippen LogP contribution in [-0.2, 0) is 0 Å². The van der Waals surface area contributed by atoms with E-state index in [4.69, 9.17) is 5.73 Å². The molecule has 2 N–H and O–H groups in total. The molecule has 2 nitrogen and oxygen atoms in total. The largest absolute Gasteiger partial charge is 0.320 e. The van der Waals surface area contributed by atoms with E-state index in [1.54, 1.807) is 24.5 Å². The number of nitrogens with two attached hydrogens (primary N) is 1. The predicted octanol–water partition coefficient (Wildman–Crippen LogP) is 3.11. The van der Waals surface area contributed by atoms with Gasteiger partial charge in [0.05, 0.1) is 6.04 Å². The first-order chi connectivity index (χ1) is 7.27. The fourth-order valence-corrected chi connectivity index (χ4v) is 1.43. The molecule has 0 radical (unpaired) electrons. The highest BCUT2D eigenvalue weighted by atomic mass is 35.5. The van der Waals surface area contributed by atoms with Crippen molar-refractivity contribution in [1.29, 1.82) is 0 Å². The van der Waals surface area contributed by atoms with E-state index in [0.29, 0.717) is 0 Å². The van der Waals surface area contributed by atoms with Crippen molar-refractivity contribution in [3.63, 3.8) is 0 Å². The van der Waals surface area contributed by atoms with Gasteiger partial charge in [0, 0.05) is 12.4 Å². The van der Waals surface area contributed by atoms with Gasteiger partial charge >= 0.3 is 0 Å². The van der Waals surface area contributed by atoms with Crippen LogP contribution in [0.2, 0.25) is 0 Å². The molecular formula is C12H13Cl2FN2. The van der Waals surface area contributed by atoms with Gasteiger partial charge in [0.15, 0.2) is 0 Å². The zero-order valence-corrected chi connectivity index (χ0v) is 10.5. The van der Waals surface area contributed by atoms with Crippen LogP contribution < -0.4 is 5.73 Å². The third kappa shape index (κ3) is 3.97. The lowest BCUT2D eigenvalue weighted by Gasteiger charge is -2.11. The Kier molecular flexibility index (Phi) is 6.73. The molecule has 0 fully saturated rings. The summed E-state index contributed by atoms with van der Waals surface area (Å²) in [6, 6.07) is 9.70. The maximum absolute atomic E-state index is 12.7. The van der Waals surface area contributed by atoms with Gasteiger partial charge in [-0.2, -0.15) is 0 Å². The second-order valence-electron chi connectivity index (χ2n) is 3.31. The van der Waals surface area contributed by atoms with Crippen molar-refractivity contribution in [2.45, 2.75) is 6.04 Å². The molecule has 0 saturated carbocycles. The number of rotatable bonds is 2. The molecule has 0 aliphatic rings. The fourth-order valence-electron chi connectivity index (χ4n) is 1.43. The van der Waals surface area contributed by atoms with Gasteiger partial charge < -0.3 is 5.73 Å². The molecule has 92 valence electrons. The highest BCUT2D eigenvalue weighted by Gasteiger charge is 2.07. The normalized spacial score (nSPS) is 10.9. The summed E-state index contributed by atoms with van der Waals surface area (Å²) in [6.07, 6.45) is 3.39. The van der Waals surface area contributed by atoms with Gasteiger partial charge in [-0.15, -0.1) is 24.8 Å². The lowest BCUT2D eigenvalue weighted by Crippen LogP contribution is -2.11. The summed E-state index contributed by atoms with van der Waals surface area (Å²) < 4.78 is 12.7.